The molecule has 2 saturated heterocycles. The highest BCUT2D eigenvalue weighted by Gasteiger charge is 2.27. The number of anilines is 1. The third-order valence-corrected chi connectivity index (χ3v) is 8.05. The van der Waals surface area contributed by atoms with Crippen LogP contribution in [0.2, 0.25) is 0 Å². The molecular formula is C29H47N3O5. The molecule has 37 heavy (non-hydrogen) atoms. The SMILES string of the molecule is CCC(C[C@@H]1CC[C@@H](OCc2ccc3c(c2)N(CCCOC)CCO3)CN1)C(=O)NCC1CCOCC1. The first-order valence-corrected chi connectivity index (χ1v) is 14.4. The molecule has 0 radical (unpaired) electrons. The van der Waals surface area contributed by atoms with Crippen LogP contribution in [-0.2, 0) is 25.6 Å². The number of methoxy groups -OCH3 is 1. The Bertz CT molecular complexity index is 824. The molecule has 1 aromatic rings. The van der Waals surface area contributed by atoms with Crippen LogP contribution in [0.25, 0.3) is 0 Å². The van der Waals surface area contributed by atoms with Crippen molar-refractivity contribution in [3.05, 3.63) is 23.8 Å². The van der Waals surface area contributed by atoms with Gasteiger partial charge in [0.2, 0.25) is 5.91 Å². The molecule has 8 heteroatoms. The van der Waals surface area contributed by atoms with E-state index < -0.39 is 0 Å². The molecule has 8 nitrogen and oxygen atoms in total. The number of piperidine rings is 1. The van der Waals surface area contributed by atoms with Crippen LogP contribution in [-0.4, -0.2) is 77.8 Å². The standard InChI is InChI=1S/C29H47N3O5/c1-3-24(29(33)31-19-22-9-14-35-15-10-22)18-25-6-7-26(20-30-25)37-21-23-5-8-28-27(17-23)32(12-16-36-28)11-4-13-34-2/h5,8,17,22,24-26,30H,3-4,6-7,9-16,18-21H2,1-2H3,(H,31,33)/t24?,25-,26+/m0/s1. The molecule has 2 fully saturated rings. The summed E-state index contributed by atoms with van der Waals surface area (Å²) in [6.07, 6.45) is 7.14. The van der Waals surface area contributed by atoms with Crippen LogP contribution in [0.4, 0.5) is 5.69 Å². The smallest absolute Gasteiger partial charge is 0.223 e. The molecule has 0 spiro atoms. The minimum absolute atomic E-state index is 0.0688. The number of rotatable bonds is 13. The molecular weight excluding hydrogens is 470 g/mol. The van der Waals surface area contributed by atoms with Crippen LogP contribution >= 0.6 is 0 Å². The molecule has 0 bridgehead atoms. The molecule has 4 rings (SSSR count). The van der Waals surface area contributed by atoms with Crippen LogP contribution in [0.1, 0.15) is 57.4 Å². The Labute approximate surface area is 222 Å². The average molecular weight is 518 g/mol. The Morgan fingerprint density at radius 3 is 2.84 bits per heavy atom. The highest BCUT2D eigenvalue weighted by molar-refractivity contribution is 5.78. The van der Waals surface area contributed by atoms with Crippen LogP contribution in [0.5, 0.6) is 5.75 Å². The number of hydrogen-bond acceptors (Lipinski definition) is 7. The van der Waals surface area contributed by atoms with Crippen molar-refractivity contribution >= 4 is 11.6 Å². The number of fused-ring (bicyclic) bond motifs is 1. The Kier molecular flexibility index (Phi) is 11.3. The van der Waals surface area contributed by atoms with Crippen molar-refractivity contribution in [1.82, 2.24) is 10.6 Å². The van der Waals surface area contributed by atoms with Gasteiger partial charge in [0.05, 0.1) is 24.9 Å². The second-order valence-corrected chi connectivity index (χ2v) is 10.7. The van der Waals surface area contributed by atoms with Crippen LogP contribution in [0, 0.1) is 11.8 Å². The fourth-order valence-corrected chi connectivity index (χ4v) is 5.63. The van der Waals surface area contributed by atoms with Crippen molar-refractivity contribution < 1.29 is 23.7 Å². The molecule has 2 N–H and O–H groups in total. The minimum atomic E-state index is 0.0688. The van der Waals surface area contributed by atoms with Crippen molar-refractivity contribution in [2.75, 3.05) is 64.6 Å². The van der Waals surface area contributed by atoms with Gasteiger partial charge in [-0.15, -0.1) is 0 Å². The summed E-state index contributed by atoms with van der Waals surface area (Å²) in [5, 5.41) is 6.87. The predicted molar refractivity (Wildman–Crippen MR) is 145 cm³/mol. The zero-order valence-corrected chi connectivity index (χ0v) is 22.8. The third kappa shape index (κ3) is 8.57. The number of benzene rings is 1. The first-order chi connectivity index (χ1) is 18.2. The van der Waals surface area contributed by atoms with Gasteiger partial charge < -0.3 is 34.5 Å². The molecule has 3 atom stereocenters. The number of carbonyl (C=O) groups is 1. The monoisotopic (exact) mass is 517 g/mol. The molecule has 1 aromatic carbocycles. The predicted octanol–water partition coefficient (Wildman–Crippen LogP) is 3.52. The van der Waals surface area contributed by atoms with Gasteiger partial charge >= 0.3 is 0 Å². The Hall–Kier alpha value is -1.87. The Balaban J connectivity index is 1.18. The van der Waals surface area contributed by atoms with Crippen molar-refractivity contribution in [3.63, 3.8) is 0 Å². The largest absolute Gasteiger partial charge is 0.490 e. The summed E-state index contributed by atoms with van der Waals surface area (Å²) in [7, 11) is 1.75. The highest BCUT2D eigenvalue weighted by Crippen LogP contribution is 2.33. The van der Waals surface area contributed by atoms with Gasteiger partial charge in [-0.1, -0.05) is 13.0 Å². The lowest BCUT2D eigenvalue weighted by molar-refractivity contribution is -0.126. The first-order valence-electron chi connectivity index (χ1n) is 14.4. The van der Waals surface area contributed by atoms with Gasteiger partial charge in [0.15, 0.2) is 0 Å². The number of ether oxygens (including phenoxy) is 4. The van der Waals surface area contributed by atoms with Crippen LogP contribution in [0.3, 0.4) is 0 Å². The molecule has 1 amide bonds. The Morgan fingerprint density at radius 1 is 1.22 bits per heavy atom. The molecule has 3 aliphatic heterocycles. The number of hydrogen-bond donors (Lipinski definition) is 2. The number of nitrogens with one attached hydrogen (secondary N) is 2. The van der Waals surface area contributed by atoms with Crippen LogP contribution in [0.15, 0.2) is 18.2 Å². The quantitative estimate of drug-likeness (QED) is 0.388. The molecule has 0 saturated carbocycles. The summed E-state index contributed by atoms with van der Waals surface area (Å²) in [4.78, 5) is 15.2. The van der Waals surface area contributed by atoms with E-state index in [-0.39, 0.29) is 17.9 Å². The van der Waals surface area contributed by atoms with E-state index in [4.69, 9.17) is 18.9 Å². The normalized spacial score (nSPS) is 23.2. The lowest BCUT2D eigenvalue weighted by Crippen LogP contribution is -2.45. The number of amides is 1. The van der Waals surface area contributed by atoms with E-state index in [0.29, 0.717) is 18.6 Å². The van der Waals surface area contributed by atoms with Gasteiger partial charge in [-0.3, -0.25) is 4.79 Å². The average Bonchev–Trinajstić information content (AvgIpc) is 2.95. The summed E-state index contributed by atoms with van der Waals surface area (Å²) in [5.41, 5.74) is 2.33. The lowest BCUT2D eigenvalue weighted by Gasteiger charge is -2.33. The molecule has 1 unspecified atom stereocenters. The van der Waals surface area contributed by atoms with Crippen LogP contribution < -0.4 is 20.3 Å². The molecule has 3 aliphatic rings. The second-order valence-electron chi connectivity index (χ2n) is 10.7. The van der Waals surface area contributed by atoms with E-state index in [1.54, 1.807) is 7.11 Å². The fraction of sp³-hybridized carbons (Fsp3) is 0.759. The summed E-state index contributed by atoms with van der Waals surface area (Å²) in [5.74, 6) is 1.79. The lowest BCUT2D eigenvalue weighted by atomic mass is 9.90. The van der Waals surface area contributed by atoms with Gasteiger partial charge in [0.1, 0.15) is 12.4 Å². The van der Waals surface area contributed by atoms with E-state index in [1.165, 1.54) is 5.56 Å². The molecule has 0 aromatic heterocycles. The first kappa shape index (κ1) is 28.1. The van der Waals surface area contributed by atoms with Gasteiger partial charge in [-0.2, -0.15) is 0 Å². The third-order valence-electron chi connectivity index (χ3n) is 8.05. The Morgan fingerprint density at radius 2 is 2.08 bits per heavy atom. The van der Waals surface area contributed by atoms with Gasteiger partial charge in [0.25, 0.3) is 0 Å². The van der Waals surface area contributed by atoms with E-state index in [0.717, 1.165) is 109 Å². The van der Waals surface area contributed by atoms with Gasteiger partial charge in [-0.25, -0.2) is 0 Å². The zero-order valence-electron chi connectivity index (χ0n) is 22.8. The maximum atomic E-state index is 12.8. The van der Waals surface area contributed by atoms with Crippen molar-refractivity contribution in [2.45, 2.75) is 70.6 Å². The van der Waals surface area contributed by atoms with E-state index in [9.17, 15) is 4.79 Å². The number of nitrogens with zero attached hydrogens (tertiary/aromatic N) is 1. The summed E-state index contributed by atoms with van der Waals surface area (Å²) >= 11 is 0. The van der Waals surface area contributed by atoms with Gasteiger partial charge in [-0.05, 0) is 68.6 Å². The highest BCUT2D eigenvalue weighted by atomic mass is 16.5. The van der Waals surface area contributed by atoms with E-state index in [1.807, 2.05) is 0 Å². The second kappa shape index (κ2) is 14.9. The summed E-state index contributed by atoms with van der Waals surface area (Å²) < 4.78 is 22.8. The maximum Gasteiger partial charge on any atom is 0.223 e. The zero-order chi connectivity index (χ0) is 25.9. The molecule has 3 heterocycles. The summed E-state index contributed by atoms with van der Waals surface area (Å²) in [6.45, 7) is 9.34. The number of carbonyl (C=O) groups excluding carboxylic acids is 1. The van der Waals surface area contributed by atoms with Crippen molar-refractivity contribution in [1.29, 1.82) is 0 Å². The maximum absolute atomic E-state index is 12.8. The van der Waals surface area contributed by atoms with Crippen molar-refractivity contribution in [3.8, 4) is 5.75 Å². The van der Waals surface area contributed by atoms with Gasteiger partial charge in [0, 0.05) is 58.5 Å². The molecule has 208 valence electrons. The topological polar surface area (TPSA) is 81.3 Å². The van der Waals surface area contributed by atoms with Crippen molar-refractivity contribution in [2.24, 2.45) is 11.8 Å². The minimum Gasteiger partial charge on any atom is -0.490 e. The van der Waals surface area contributed by atoms with E-state index >= 15 is 0 Å². The molecule has 0 aliphatic carbocycles. The fourth-order valence-electron chi connectivity index (χ4n) is 5.63. The summed E-state index contributed by atoms with van der Waals surface area (Å²) in [6, 6.07) is 6.77. The van der Waals surface area contributed by atoms with E-state index in [2.05, 4.69) is 40.7 Å².